The van der Waals surface area contributed by atoms with Crippen LogP contribution in [-0.4, -0.2) is 50.8 Å². The van der Waals surface area contributed by atoms with Gasteiger partial charge in [0.1, 0.15) is 17.3 Å². The number of anilines is 1. The molecule has 2 unspecified atom stereocenters. The fraction of sp³-hybridized carbons (Fsp3) is 0.562. The van der Waals surface area contributed by atoms with Crippen LogP contribution < -0.4 is 15.5 Å². The average molecular weight is 398 g/mol. The number of carbonyl (C=O) groups is 1. The summed E-state index contributed by atoms with van der Waals surface area (Å²) in [5.74, 6) is -1.20. The second-order valence-corrected chi connectivity index (χ2v) is 6.00. The van der Waals surface area contributed by atoms with Gasteiger partial charge >= 0.3 is 0 Å². The summed E-state index contributed by atoms with van der Waals surface area (Å²) in [6.45, 7) is 2.89. The van der Waals surface area contributed by atoms with Gasteiger partial charge in [0, 0.05) is 38.1 Å². The van der Waals surface area contributed by atoms with Gasteiger partial charge in [-0.15, -0.1) is 24.8 Å². The van der Waals surface area contributed by atoms with E-state index in [4.69, 9.17) is 4.74 Å². The van der Waals surface area contributed by atoms with E-state index in [1.165, 1.54) is 18.2 Å². The topological polar surface area (TPSA) is 53.6 Å². The van der Waals surface area contributed by atoms with Crippen molar-refractivity contribution in [3.05, 3.63) is 29.8 Å². The second kappa shape index (κ2) is 10.1. The van der Waals surface area contributed by atoms with E-state index in [9.17, 15) is 13.6 Å². The molecule has 5 nitrogen and oxygen atoms in total. The SMILES string of the molecule is Cl.Cl.O=C(CC1COCCN1)NC1CCN(c2c(F)cccc2F)C1. The van der Waals surface area contributed by atoms with E-state index in [0.29, 0.717) is 39.1 Å². The van der Waals surface area contributed by atoms with Crippen LogP contribution in [-0.2, 0) is 9.53 Å². The number of nitrogens with zero attached hydrogens (tertiary/aromatic N) is 1. The molecule has 1 aromatic carbocycles. The molecule has 2 fully saturated rings. The number of hydrogen-bond acceptors (Lipinski definition) is 4. The number of morpholine rings is 1. The van der Waals surface area contributed by atoms with E-state index < -0.39 is 11.6 Å². The largest absolute Gasteiger partial charge is 0.378 e. The van der Waals surface area contributed by atoms with E-state index in [1.54, 1.807) is 4.90 Å². The number of ether oxygens (including phenoxy) is 1. The minimum atomic E-state index is -0.569. The van der Waals surface area contributed by atoms with Crippen molar-refractivity contribution < 1.29 is 18.3 Å². The van der Waals surface area contributed by atoms with Crippen LogP contribution in [0, 0.1) is 11.6 Å². The lowest BCUT2D eigenvalue weighted by atomic mass is 10.1. The number of amides is 1. The van der Waals surface area contributed by atoms with E-state index in [-0.39, 0.29) is 48.5 Å². The van der Waals surface area contributed by atoms with Crippen molar-refractivity contribution in [2.75, 3.05) is 37.7 Å². The lowest BCUT2D eigenvalue weighted by Gasteiger charge is -2.24. The van der Waals surface area contributed by atoms with Crippen LogP contribution in [0.1, 0.15) is 12.8 Å². The van der Waals surface area contributed by atoms with Crippen molar-refractivity contribution in [3.63, 3.8) is 0 Å². The average Bonchev–Trinajstić information content (AvgIpc) is 2.96. The summed E-state index contributed by atoms with van der Waals surface area (Å²) in [5, 5.41) is 6.17. The van der Waals surface area contributed by atoms with E-state index in [2.05, 4.69) is 10.6 Å². The maximum absolute atomic E-state index is 13.8. The number of benzene rings is 1. The molecule has 2 aliphatic rings. The Morgan fingerprint density at radius 3 is 2.68 bits per heavy atom. The van der Waals surface area contributed by atoms with E-state index in [0.717, 1.165) is 6.54 Å². The normalized spacial score (nSPS) is 22.7. The van der Waals surface area contributed by atoms with Gasteiger partial charge in [0.2, 0.25) is 5.91 Å². The molecule has 0 aromatic heterocycles. The Labute approximate surface area is 158 Å². The van der Waals surface area contributed by atoms with Gasteiger partial charge < -0.3 is 20.3 Å². The Bertz CT molecular complexity index is 554. The zero-order valence-corrected chi connectivity index (χ0v) is 15.3. The van der Waals surface area contributed by atoms with Crippen molar-refractivity contribution in [2.45, 2.75) is 24.9 Å². The van der Waals surface area contributed by atoms with Gasteiger partial charge in [0.05, 0.1) is 13.2 Å². The molecular formula is C16H23Cl2F2N3O2. The summed E-state index contributed by atoms with van der Waals surface area (Å²) in [7, 11) is 0. The number of hydrogen-bond donors (Lipinski definition) is 2. The first-order chi connectivity index (χ1) is 11.1. The molecule has 2 heterocycles. The molecule has 9 heteroatoms. The van der Waals surface area contributed by atoms with Crippen molar-refractivity contribution in [3.8, 4) is 0 Å². The van der Waals surface area contributed by atoms with E-state index in [1.807, 2.05) is 0 Å². The first-order valence-corrected chi connectivity index (χ1v) is 7.93. The molecule has 3 rings (SSSR count). The Hall–Kier alpha value is -1.15. The molecule has 25 heavy (non-hydrogen) atoms. The Balaban J connectivity index is 0.00000156. The lowest BCUT2D eigenvalue weighted by molar-refractivity contribution is -0.122. The Morgan fingerprint density at radius 2 is 2.04 bits per heavy atom. The third-order valence-corrected chi connectivity index (χ3v) is 4.24. The van der Waals surface area contributed by atoms with Crippen molar-refractivity contribution in [1.82, 2.24) is 10.6 Å². The molecule has 2 atom stereocenters. The molecule has 2 N–H and O–H groups in total. The van der Waals surface area contributed by atoms with Gasteiger partial charge in [-0.3, -0.25) is 4.79 Å². The maximum atomic E-state index is 13.8. The number of para-hydroxylation sites is 1. The van der Waals surface area contributed by atoms with Crippen molar-refractivity contribution in [2.24, 2.45) is 0 Å². The Kier molecular flexibility index (Phi) is 8.85. The van der Waals surface area contributed by atoms with Crippen molar-refractivity contribution in [1.29, 1.82) is 0 Å². The van der Waals surface area contributed by atoms with Crippen LogP contribution in [0.15, 0.2) is 18.2 Å². The molecule has 0 spiro atoms. The predicted molar refractivity (Wildman–Crippen MR) is 96.8 cm³/mol. The highest BCUT2D eigenvalue weighted by molar-refractivity contribution is 5.85. The monoisotopic (exact) mass is 397 g/mol. The van der Waals surface area contributed by atoms with Crippen LogP contribution in [0.2, 0.25) is 0 Å². The quantitative estimate of drug-likeness (QED) is 0.814. The zero-order valence-electron chi connectivity index (χ0n) is 13.7. The molecule has 142 valence electrons. The number of carbonyl (C=O) groups excluding carboxylic acids is 1. The minimum absolute atomic E-state index is 0. The van der Waals surface area contributed by atoms with Gasteiger partial charge in [0.15, 0.2) is 0 Å². The summed E-state index contributed by atoms with van der Waals surface area (Å²) in [4.78, 5) is 13.7. The second-order valence-electron chi connectivity index (χ2n) is 6.00. The standard InChI is InChI=1S/C16H21F2N3O2.2ClH/c17-13-2-1-3-14(18)16(13)21-6-4-11(9-21)20-15(22)8-12-10-23-7-5-19-12;;/h1-3,11-12,19H,4-10H2,(H,20,22);2*1H. The third-order valence-electron chi connectivity index (χ3n) is 4.24. The zero-order chi connectivity index (χ0) is 16.2. The first kappa shape index (κ1) is 21.9. The summed E-state index contributed by atoms with van der Waals surface area (Å²) >= 11 is 0. The van der Waals surface area contributed by atoms with Crippen LogP contribution in [0.5, 0.6) is 0 Å². The fourth-order valence-corrected chi connectivity index (χ4v) is 3.13. The predicted octanol–water partition coefficient (Wildman–Crippen LogP) is 1.88. The van der Waals surface area contributed by atoms with Crippen LogP contribution in [0.25, 0.3) is 0 Å². The summed E-state index contributed by atoms with van der Waals surface area (Å²) in [6, 6.07) is 3.79. The van der Waals surface area contributed by atoms with Gasteiger partial charge in [-0.1, -0.05) is 6.07 Å². The van der Waals surface area contributed by atoms with E-state index >= 15 is 0 Å². The highest BCUT2D eigenvalue weighted by Crippen LogP contribution is 2.26. The molecule has 0 saturated carbocycles. The third kappa shape index (κ3) is 5.67. The van der Waals surface area contributed by atoms with Gasteiger partial charge in [-0.25, -0.2) is 8.78 Å². The molecule has 0 aliphatic carbocycles. The van der Waals surface area contributed by atoms with Gasteiger partial charge in [0.25, 0.3) is 0 Å². The van der Waals surface area contributed by atoms with Crippen molar-refractivity contribution >= 4 is 36.4 Å². The number of rotatable bonds is 4. The maximum Gasteiger partial charge on any atom is 0.221 e. The number of halogens is 4. The van der Waals surface area contributed by atoms with Crippen LogP contribution >= 0.6 is 24.8 Å². The molecular weight excluding hydrogens is 375 g/mol. The molecule has 1 aromatic rings. The molecule has 0 radical (unpaired) electrons. The molecule has 2 aliphatic heterocycles. The van der Waals surface area contributed by atoms with Crippen LogP contribution in [0.3, 0.4) is 0 Å². The highest BCUT2D eigenvalue weighted by atomic mass is 35.5. The van der Waals surface area contributed by atoms with Gasteiger partial charge in [-0.05, 0) is 18.6 Å². The fourth-order valence-electron chi connectivity index (χ4n) is 3.13. The summed E-state index contributed by atoms with van der Waals surface area (Å²) < 4.78 is 32.9. The summed E-state index contributed by atoms with van der Waals surface area (Å²) in [6.07, 6.45) is 1.03. The minimum Gasteiger partial charge on any atom is -0.378 e. The lowest BCUT2D eigenvalue weighted by Crippen LogP contribution is -2.46. The molecule has 0 bridgehead atoms. The van der Waals surface area contributed by atoms with Crippen LogP contribution in [0.4, 0.5) is 14.5 Å². The smallest absolute Gasteiger partial charge is 0.221 e. The van der Waals surface area contributed by atoms with Gasteiger partial charge in [-0.2, -0.15) is 0 Å². The summed E-state index contributed by atoms with van der Waals surface area (Å²) in [5.41, 5.74) is -0.00778. The molecule has 2 saturated heterocycles. The molecule has 1 amide bonds. The highest BCUT2D eigenvalue weighted by Gasteiger charge is 2.28. The Morgan fingerprint density at radius 1 is 1.32 bits per heavy atom. The number of nitrogens with one attached hydrogen (secondary N) is 2. The first-order valence-electron chi connectivity index (χ1n) is 7.93.